The predicted octanol–water partition coefficient (Wildman–Crippen LogP) is 4.32. The summed E-state index contributed by atoms with van der Waals surface area (Å²) < 4.78 is 5.74. The van der Waals surface area contributed by atoms with Gasteiger partial charge in [0.25, 0.3) is 0 Å². The van der Waals surface area contributed by atoms with E-state index in [1.165, 1.54) is 11.1 Å². The maximum Gasteiger partial charge on any atom is 0.119 e. The molecule has 0 atom stereocenters. The summed E-state index contributed by atoms with van der Waals surface area (Å²) in [6.45, 7) is 0.524. The van der Waals surface area contributed by atoms with Crippen molar-refractivity contribution in [2.45, 2.75) is 19.4 Å². The number of benzene rings is 2. The smallest absolute Gasteiger partial charge is 0.119 e. The fraction of sp³-hybridized carbons (Fsp3) is 0.143. The largest absolute Gasteiger partial charge is 0.489 e. The number of rotatable bonds is 6. The van der Waals surface area contributed by atoms with Crippen LogP contribution in [0.15, 0.2) is 73.1 Å². The van der Waals surface area contributed by atoms with Crippen LogP contribution in [-0.4, -0.2) is 4.98 Å². The lowest BCUT2D eigenvalue weighted by molar-refractivity contribution is 0.306. The quantitative estimate of drug-likeness (QED) is 0.681. The summed E-state index contributed by atoms with van der Waals surface area (Å²) in [5.74, 6) is 0.774. The zero-order valence-electron chi connectivity index (χ0n) is 13.4. The summed E-state index contributed by atoms with van der Waals surface area (Å²) in [7, 11) is 0. The van der Waals surface area contributed by atoms with Crippen LogP contribution in [0.4, 0.5) is 0 Å². The molecular weight excluding hydrogens is 296 g/mol. The summed E-state index contributed by atoms with van der Waals surface area (Å²) in [5.41, 5.74) is 4.39. The highest BCUT2D eigenvalue weighted by molar-refractivity contribution is 5.34. The Morgan fingerprint density at radius 2 is 1.33 bits per heavy atom. The van der Waals surface area contributed by atoms with E-state index in [2.05, 4.69) is 47.5 Å². The molecule has 0 aliphatic rings. The van der Waals surface area contributed by atoms with Crippen LogP contribution in [0.2, 0.25) is 0 Å². The molecule has 2 aromatic carbocycles. The van der Waals surface area contributed by atoms with Crippen molar-refractivity contribution in [2.24, 2.45) is 0 Å². The molecule has 0 saturated heterocycles. The van der Waals surface area contributed by atoms with Gasteiger partial charge in [0.05, 0.1) is 11.6 Å². The van der Waals surface area contributed by atoms with Gasteiger partial charge in [0.1, 0.15) is 12.4 Å². The number of pyridine rings is 1. The Morgan fingerprint density at radius 3 is 1.96 bits per heavy atom. The fourth-order valence-corrected chi connectivity index (χ4v) is 2.43. The van der Waals surface area contributed by atoms with Gasteiger partial charge < -0.3 is 4.74 Å². The van der Waals surface area contributed by atoms with Crippen LogP contribution in [0.1, 0.15) is 22.3 Å². The molecule has 3 rings (SSSR count). The Morgan fingerprint density at radius 1 is 0.750 bits per heavy atom. The van der Waals surface area contributed by atoms with E-state index < -0.39 is 0 Å². The average Bonchev–Trinajstić information content (AvgIpc) is 2.67. The number of ether oxygens (including phenoxy) is 1. The van der Waals surface area contributed by atoms with Gasteiger partial charge in [0.2, 0.25) is 0 Å². The van der Waals surface area contributed by atoms with Crippen LogP contribution < -0.4 is 4.74 Å². The van der Waals surface area contributed by atoms with Crippen LogP contribution in [-0.2, 0) is 19.4 Å². The van der Waals surface area contributed by atoms with Gasteiger partial charge in [-0.1, -0.05) is 24.3 Å². The Bertz CT molecular complexity index is 803. The number of nitrogens with zero attached hydrogens (tertiary/aromatic N) is 2. The van der Waals surface area contributed by atoms with Gasteiger partial charge in [0.15, 0.2) is 0 Å². The molecule has 1 aromatic heterocycles. The molecule has 0 saturated carbocycles. The Balaban J connectivity index is 1.51. The predicted molar refractivity (Wildman–Crippen MR) is 93.6 cm³/mol. The molecule has 1 heterocycles. The second-order valence-electron chi connectivity index (χ2n) is 5.60. The zero-order chi connectivity index (χ0) is 16.6. The van der Waals surface area contributed by atoms with Crippen LogP contribution in [0.3, 0.4) is 0 Å². The molecule has 0 spiro atoms. The van der Waals surface area contributed by atoms with Crippen LogP contribution in [0.25, 0.3) is 0 Å². The lowest BCUT2D eigenvalue weighted by atomic mass is 10.0. The van der Waals surface area contributed by atoms with Crippen molar-refractivity contribution in [3.8, 4) is 11.8 Å². The first-order valence-corrected chi connectivity index (χ1v) is 7.93. The average molecular weight is 314 g/mol. The van der Waals surface area contributed by atoms with Crippen molar-refractivity contribution in [2.75, 3.05) is 0 Å². The molecular formula is C21H18N2O. The van der Waals surface area contributed by atoms with Crippen LogP contribution in [0.5, 0.6) is 5.75 Å². The lowest BCUT2D eigenvalue weighted by Gasteiger charge is -2.07. The maximum atomic E-state index is 8.78. The Kier molecular flexibility index (Phi) is 5.21. The van der Waals surface area contributed by atoms with E-state index in [0.29, 0.717) is 12.2 Å². The summed E-state index contributed by atoms with van der Waals surface area (Å²) >= 11 is 0. The van der Waals surface area contributed by atoms with E-state index >= 15 is 0 Å². The zero-order valence-corrected chi connectivity index (χ0v) is 13.4. The molecule has 0 N–H and O–H groups in total. The third-order valence-electron chi connectivity index (χ3n) is 3.86. The van der Waals surface area contributed by atoms with Crippen LogP contribution in [0, 0.1) is 11.3 Å². The maximum absolute atomic E-state index is 8.78. The number of hydrogen-bond acceptors (Lipinski definition) is 3. The van der Waals surface area contributed by atoms with E-state index in [9.17, 15) is 0 Å². The molecule has 0 radical (unpaired) electrons. The number of aromatic nitrogens is 1. The van der Waals surface area contributed by atoms with Crippen molar-refractivity contribution < 1.29 is 4.74 Å². The van der Waals surface area contributed by atoms with E-state index in [1.807, 2.05) is 24.5 Å². The molecule has 0 bridgehead atoms. The molecule has 0 aliphatic carbocycles. The second kappa shape index (κ2) is 7.94. The van der Waals surface area contributed by atoms with Crippen molar-refractivity contribution in [1.29, 1.82) is 5.26 Å². The molecule has 0 unspecified atom stereocenters. The first-order chi connectivity index (χ1) is 11.8. The number of aryl methyl sites for hydroxylation is 2. The lowest BCUT2D eigenvalue weighted by Crippen LogP contribution is -1.96. The van der Waals surface area contributed by atoms with E-state index in [4.69, 9.17) is 10.00 Å². The molecule has 0 amide bonds. The van der Waals surface area contributed by atoms with E-state index in [1.54, 1.807) is 12.1 Å². The minimum atomic E-state index is 0.524. The van der Waals surface area contributed by atoms with Crippen molar-refractivity contribution in [3.05, 3.63) is 95.3 Å². The standard InChI is InChI=1S/C21H18N2O/c22-15-19-7-9-21(10-8-19)24-16-20-5-3-17(4-6-20)1-2-18-11-13-23-14-12-18/h3-14H,1-2,16H2. The van der Waals surface area contributed by atoms with Gasteiger partial charge in [-0.2, -0.15) is 5.26 Å². The first-order valence-electron chi connectivity index (χ1n) is 7.93. The second-order valence-corrected chi connectivity index (χ2v) is 5.60. The fourth-order valence-electron chi connectivity index (χ4n) is 2.43. The van der Waals surface area contributed by atoms with Gasteiger partial charge in [-0.15, -0.1) is 0 Å². The Labute approximate surface area is 142 Å². The molecule has 118 valence electrons. The van der Waals surface area contributed by atoms with Gasteiger partial charge in [0, 0.05) is 12.4 Å². The minimum Gasteiger partial charge on any atom is -0.489 e. The third kappa shape index (κ3) is 4.44. The van der Waals surface area contributed by atoms with E-state index in [0.717, 1.165) is 24.2 Å². The van der Waals surface area contributed by atoms with Gasteiger partial charge in [-0.05, 0) is 65.9 Å². The Hall–Kier alpha value is -3.12. The highest BCUT2D eigenvalue weighted by Crippen LogP contribution is 2.15. The highest BCUT2D eigenvalue weighted by Gasteiger charge is 1.99. The monoisotopic (exact) mass is 314 g/mol. The molecule has 3 heteroatoms. The van der Waals surface area contributed by atoms with Crippen molar-refractivity contribution in [3.63, 3.8) is 0 Å². The summed E-state index contributed by atoms with van der Waals surface area (Å²) in [4.78, 5) is 4.04. The summed E-state index contributed by atoms with van der Waals surface area (Å²) in [6, 6.07) is 21.9. The molecule has 3 nitrogen and oxygen atoms in total. The highest BCUT2D eigenvalue weighted by atomic mass is 16.5. The van der Waals surface area contributed by atoms with Crippen molar-refractivity contribution in [1.82, 2.24) is 4.98 Å². The normalized spacial score (nSPS) is 10.1. The first kappa shape index (κ1) is 15.8. The molecule has 0 fully saturated rings. The molecule has 3 aromatic rings. The topological polar surface area (TPSA) is 45.9 Å². The SMILES string of the molecule is N#Cc1ccc(OCc2ccc(CCc3ccncc3)cc2)cc1. The molecule has 0 aliphatic heterocycles. The van der Waals surface area contributed by atoms with Crippen molar-refractivity contribution >= 4 is 0 Å². The van der Waals surface area contributed by atoms with E-state index in [-0.39, 0.29) is 0 Å². The molecule has 24 heavy (non-hydrogen) atoms. The summed E-state index contributed by atoms with van der Waals surface area (Å²) in [5, 5.41) is 8.78. The van der Waals surface area contributed by atoms with Gasteiger partial charge >= 0.3 is 0 Å². The third-order valence-corrected chi connectivity index (χ3v) is 3.86. The van der Waals surface area contributed by atoms with Gasteiger partial charge in [-0.25, -0.2) is 0 Å². The summed E-state index contributed by atoms with van der Waals surface area (Å²) in [6.07, 6.45) is 5.70. The number of nitriles is 1. The van der Waals surface area contributed by atoms with Crippen LogP contribution >= 0.6 is 0 Å². The van der Waals surface area contributed by atoms with Gasteiger partial charge in [-0.3, -0.25) is 4.98 Å². The minimum absolute atomic E-state index is 0.524. The number of hydrogen-bond donors (Lipinski definition) is 0.